The van der Waals surface area contributed by atoms with Gasteiger partial charge in [0.2, 0.25) is 0 Å². The maximum Gasteiger partial charge on any atom is 0.272 e. The zero-order chi connectivity index (χ0) is 20.0. The number of anilines is 1. The zero-order valence-electron chi connectivity index (χ0n) is 15.8. The molecule has 0 saturated carbocycles. The number of pyridine rings is 2. The summed E-state index contributed by atoms with van der Waals surface area (Å²) in [7, 11) is 0. The zero-order valence-corrected chi connectivity index (χ0v) is 15.8. The van der Waals surface area contributed by atoms with Crippen LogP contribution in [0.5, 0.6) is 0 Å². The number of H-pyrrole nitrogens is 1. The maximum atomic E-state index is 13.0. The second-order valence-corrected chi connectivity index (χ2v) is 7.78. The highest BCUT2D eigenvalue weighted by atomic mass is 16.2. The van der Waals surface area contributed by atoms with Gasteiger partial charge in [-0.2, -0.15) is 0 Å². The van der Waals surface area contributed by atoms with Crippen LogP contribution in [0.3, 0.4) is 0 Å². The molecule has 2 fully saturated rings. The smallest absolute Gasteiger partial charge is 0.272 e. The molecule has 0 radical (unpaired) electrons. The van der Waals surface area contributed by atoms with Crippen LogP contribution in [0.1, 0.15) is 46.5 Å². The van der Waals surface area contributed by atoms with E-state index in [9.17, 15) is 9.59 Å². The molecule has 2 aliphatic rings. The molecule has 29 heavy (non-hydrogen) atoms. The average Bonchev–Trinajstić information content (AvgIpc) is 3.31. The van der Waals surface area contributed by atoms with Crippen LogP contribution in [-0.2, 0) is 0 Å². The van der Waals surface area contributed by atoms with Gasteiger partial charge in [0.05, 0.1) is 11.3 Å². The van der Waals surface area contributed by atoms with Crippen molar-refractivity contribution in [3.8, 4) is 0 Å². The molecule has 148 valence electrons. The first kappa shape index (κ1) is 17.7. The molecule has 0 spiro atoms. The predicted molar refractivity (Wildman–Crippen MR) is 108 cm³/mol. The fourth-order valence-corrected chi connectivity index (χ4v) is 4.80. The SMILES string of the molecule is NC(=O)c1cnc2[nH]ccc2c1N[C@@H]1C[C@H]2CC[C@@H](C1)N2C(=O)c1ccccn1. The van der Waals surface area contributed by atoms with Gasteiger partial charge in [0.25, 0.3) is 11.8 Å². The van der Waals surface area contributed by atoms with Crippen LogP contribution in [0.15, 0.2) is 42.9 Å². The molecule has 2 aliphatic heterocycles. The number of primary amides is 1. The number of piperidine rings is 1. The summed E-state index contributed by atoms with van der Waals surface area (Å²) in [6.45, 7) is 0. The molecular weight excluding hydrogens is 368 g/mol. The molecule has 0 aliphatic carbocycles. The lowest BCUT2D eigenvalue weighted by atomic mass is 9.96. The van der Waals surface area contributed by atoms with Crippen molar-refractivity contribution in [2.24, 2.45) is 5.73 Å². The number of nitrogens with one attached hydrogen (secondary N) is 2. The number of fused-ring (bicyclic) bond motifs is 3. The fourth-order valence-electron chi connectivity index (χ4n) is 4.80. The molecule has 8 heteroatoms. The van der Waals surface area contributed by atoms with Gasteiger partial charge in [0.1, 0.15) is 11.3 Å². The second-order valence-electron chi connectivity index (χ2n) is 7.78. The third-order valence-electron chi connectivity index (χ3n) is 6.05. The highest BCUT2D eigenvalue weighted by Gasteiger charge is 2.44. The molecule has 8 nitrogen and oxygen atoms in total. The molecule has 2 bridgehead atoms. The number of nitrogens with zero attached hydrogens (tertiary/aromatic N) is 3. The number of carbonyl (C=O) groups excluding carboxylic acids is 2. The summed E-state index contributed by atoms with van der Waals surface area (Å²) in [6, 6.07) is 7.81. The molecule has 0 aromatic carbocycles. The van der Waals surface area contributed by atoms with E-state index in [-0.39, 0.29) is 24.0 Å². The van der Waals surface area contributed by atoms with E-state index >= 15 is 0 Å². The third-order valence-corrected chi connectivity index (χ3v) is 6.05. The summed E-state index contributed by atoms with van der Waals surface area (Å²) in [5, 5.41) is 4.39. The first-order chi connectivity index (χ1) is 14.1. The van der Waals surface area contributed by atoms with Gasteiger partial charge in [-0.25, -0.2) is 4.98 Å². The lowest BCUT2D eigenvalue weighted by Crippen LogP contribution is -2.50. The van der Waals surface area contributed by atoms with Crippen molar-refractivity contribution >= 4 is 28.5 Å². The maximum absolute atomic E-state index is 13.0. The van der Waals surface area contributed by atoms with Gasteiger partial charge in [-0.15, -0.1) is 0 Å². The first-order valence-corrected chi connectivity index (χ1v) is 9.88. The van der Waals surface area contributed by atoms with E-state index in [1.165, 1.54) is 6.20 Å². The van der Waals surface area contributed by atoms with Crippen LogP contribution in [0.4, 0.5) is 5.69 Å². The topological polar surface area (TPSA) is 117 Å². The average molecular weight is 390 g/mol. The van der Waals surface area contributed by atoms with E-state index in [4.69, 9.17) is 5.73 Å². The highest BCUT2D eigenvalue weighted by molar-refractivity contribution is 6.06. The van der Waals surface area contributed by atoms with Crippen molar-refractivity contribution in [2.75, 3.05) is 5.32 Å². The predicted octanol–water partition coefficient (Wildman–Crippen LogP) is 2.30. The van der Waals surface area contributed by atoms with Crippen molar-refractivity contribution in [3.63, 3.8) is 0 Å². The van der Waals surface area contributed by atoms with Crippen molar-refractivity contribution < 1.29 is 9.59 Å². The number of aromatic amines is 1. The van der Waals surface area contributed by atoms with Crippen molar-refractivity contribution in [1.29, 1.82) is 0 Å². The molecule has 5 rings (SSSR count). The Hall–Kier alpha value is -3.42. The summed E-state index contributed by atoms with van der Waals surface area (Å²) < 4.78 is 0. The van der Waals surface area contributed by atoms with Gasteiger partial charge in [0.15, 0.2) is 0 Å². The quantitative estimate of drug-likeness (QED) is 0.632. The van der Waals surface area contributed by atoms with Crippen LogP contribution < -0.4 is 11.1 Å². The standard InChI is InChI=1S/C21H22N6O2/c22-19(28)16-11-25-20-15(6-8-24-20)18(16)26-12-9-13-4-5-14(10-12)27(13)21(29)17-3-1-2-7-23-17/h1-3,6-8,11-14H,4-5,9-10H2,(H2,22,28)(H2,24,25,26)/t12-,13-,14+. The monoisotopic (exact) mass is 390 g/mol. The van der Waals surface area contributed by atoms with Crippen LogP contribution >= 0.6 is 0 Å². The van der Waals surface area contributed by atoms with E-state index < -0.39 is 5.91 Å². The van der Waals surface area contributed by atoms with Crippen LogP contribution in [0.25, 0.3) is 11.0 Å². The highest BCUT2D eigenvalue weighted by Crippen LogP contribution is 2.38. The number of rotatable bonds is 4. The number of nitrogens with two attached hydrogens (primary N) is 1. The van der Waals surface area contributed by atoms with Gasteiger partial charge < -0.3 is 20.9 Å². The Bertz CT molecular complexity index is 1070. The summed E-state index contributed by atoms with van der Waals surface area (Å²) in [6.07, 6.45) is 8.58. The Morgan fingerprint density at radius 3 is 2.62 bits per heavy atom. The number of aromatic nitrogens is 3. The molecule has 3 aromatic heterocycles. The number of hydrogen-bond donors (Lipinski definition) is 3. The number of carbonyl (C=O) groups is 2. The van der Waals surface area contributed by atoms with E-state index in [2.05, 4.69) is 20.3 Å². The van der Waals surface area contributed by atoms with Crippen LogP contribution in [0, 0.1) is 0 Å². The van der Waals surface area contributed by atoms with Crippen molar-refractivity contribution in [3.05, 3.63) is 54.1 Å². The van der Waals surface area contributed by atoms with E-state index in [0.29, 0.717) is 16.9 Å². The lowest BCUT2D eigenvalue weighted by molar-refractivity contribution is 0.0577. The van der Waals surface area contributed by atoms with Gasteiger partial charge in [-0.3, -0.25) is 14.6 Å². The van der Waals surface area contributed by atoms with Crippen molar-refractivity contribution in [2.45, 2.75) is 43.8 Å². The van der Waals surface area contributed by atoms with Crippen LogP contribution in [0.2, 0.25) is 0 Å². The molecule has 2 saturated heterocycles. The summed E-state index contributed by atoms with van der Waals surface area (Å²) in [5.74, 6) is -0.500. The minimum Gasteiger partial charge on any atom is -0.381 e. The van der Waals surface area contributed by atoms with E-state index in [1.807, 2.05) is 23.1 Å². The van der Waals surface area contributed by atoms with Crippen molar-refractivity contribution in [1.82, 2.24) is 19.9 Å². The molecule has 2 amide bonds. The van der Waals surface area contributed by atoms with Gasteiger partial charge in [0, 0.05) is 42.1 Å². The summed E-state index contributed by atoms with van der Waals surface area (Å²) in [4.78, 5) is 38.5. The lowest BCUT2D eigenvalue weighted by Gasteiger charge is -2.39. The Balaban J connectivity index is 1.39. The Labute approximate surface area is 167 Å². The Morgan fingerprint density at radius 1 is 1.14 bits per heavy atom. The first-order valence-electron chi connectivity index (χ1n) is 9.88. The third kappa shape index (κ3) is 3.00. The minimum atomic E-state index is -0.506. The largest absolute Gasteiger partial charge is 0.381 e. The molecule has 4 N–H and O–H groups in total. The number of amides is 2. The Kier molecular flexibility index (Phi) is 4.19. The van der Waals surface area contributed by atoms with E-state index in [1.54, 1.807) is 18.5 Å². The molecule has 0 unspecified atom stereocenters. The van der Waals surface area contributed by atoms with E-state index in [0.717, 1.165) is 36.8 Å². The van der Waals surface area contributed by atoms with Crippen LogP contribution in [-0.4, -0.2) is 49.8 Å². The fraction of sp³-hybridized carbons (Fsp3) is 0.333. The summed E-state index contributed by atoms with van der Waals surface area (Å²) in [5.41, 5.74) is 7.90. The number of hydrogen-bond acceptors (Lipinski definition) is 5. The molecule has 3 atom stereocenters. The molecule has 3 aromatic rings. The second kappa shape index (κ2) is 6.88. The molecule has 5 heterocycles. The normalized spacial score (nSPS) is 23.3. The Morgan fingerprint density at radius 2 is 1.93 bits per heavy atom. The minimum absolute atomic E-state index is 0.00584. The molecular formula is C21H22N6O2. The van der Waals surface area contributed by atoms with Gasteiger partial charge in [-0.1, -0.05) is 6.07 Å². The summed E-state index contributed by atoms with van der Waals surface area (Å²) >= 11 is 0. The van der Waals surface area contributed by atoms with Gasteiger partial charge >= 0.3 is 0 Å². The van der Waals surface area contributed by atoms with Gasteiger partial charge in [-0.05, 0) is 43.9 Å².